The molecule has 0 unspecified atom stereocenters. The Balaban J connectivity index is 1.45. The molecule has 1 amide bonds. The number of aryl methyl sites for hydroxylation is 1. The minimum Gasteiger partial charge on any atom is -0.349 e. The lowest BCUT2D eigenvalue weighted by Gasteiger charge is -2.38. The van der Waals surface area contributed by atoms with Gasteiger partial charge in [-0.2, -0.15) is 0 Å². The van der Waals surface area contributed by atoms with Crippen LogP contribution < -0.4 is 0 Å². The van der Waals surface area contributed by atoms with E-state index in [1.54, 1.807) is 5.51 Å². The third-order valence-electron chi connectivity index (χ3n) is 4.24. The van der Waals surface area contributed by atoms with Crippen molar-refractivity contribution < 1.29 is 4.79 Å². The first-order valence-corrected chi connectivity index (χ1v) is 8.23. The van der Waals surface area contributed by atoms with E-state index in [1.165, 1.54) is 22.2 Å². The monoisotopic (exact) mass is 312 g/mol. The molecule has 0 saturated carbocycles. The standard InChI is InChI=1S/C16H16N4OS/c1-19-5-3-12-2-4-17-13(15(12)19)6-11-7-20(8-11)16(21)14-9-22-10-18-14/h2-5,9-11H,6-8H2,1H3. The number of hydrogen-bond acceptors (Lipinski definition) is 4. The predicted octanol–water partition coefficient (Wildman–Crippen LogP) is 2.34. The second-order valence-electron chi connectivity index (χ2n) is 5.78. The van der Waals surface area contributed by atoms with Gasteiger partial charge in [0.15, 0.2) is 0 Å². The Morgan fingerprint density at radius 3 is 3.00 bits per heavy atom. The molecule has 6 heteroatoms. The summed E-state index contributed by atoms with van der Waals surface area (Å²) < 4.78 is 2.12. The summed E-state index contributed by atoms with van der Waals surface area (Å²) in [6.45, 7) is 1.58. The van der Waals surface area contributed by atoms with Gasteiger partial charge in [0.2, 0.25) is 0 Å². The molecule has 0 bridgehead atoms. The highest BCUT2D eigenvalue weighted by atomic mass is 32.1. The third kappa shape index (κ3) is 2.20. The van der Waals surface area contributed by atoms with Crippen molar-refractivity contribution in [3.63, 3.8) is 0 Å². The molecule has 4 rings (SSSR count). The highest BCUT2D eigenvalue weighted by Crippen LogP contribution is 2.25. The molecule has 0 spiro atoms. The van der Waals surface area contributed by atoms with Crippen molar-refractivity contribution in [1.29, 1.82) is 0 Å². The second kappa shape index (κ2) is 5.21. The zero-order chi connectivity index (χ0) is 15.1. The zero-order valence-corrected chi connectivity index (χ0v) is 13.1. The molecule has 1 aliphatic rings. The molecular formula is C16H16N4OS. The molecule has 0 N–H and O–H groups in total. The zero-order valence-electron chi connectivity index (χ0n) is 12.3. The Morgan fingerprint density at radius 2 is 2.23 bits per heavy atom. The van der Waals surface area contributed by atoms with E-state index >= 15 is 0 Å². The van der Waals surface area contributed by atoms with E-state index < -0.39 is 0 Å². The molecule has 22 heavy (non-hydrogen) atoms. The van der Waals surface area contributed by atoms with Gasteiger partial charge in [-0.05, 0) is 24.5 Å². The van der Waals surface area contributed by atoms with Gasteiger partial charge in [0.05, 0.1) is 16.7 Å². The Morgan fingerprint density at radius 1 is 1.36 bits per heavy atom. The van der Waals surface area contributed by atoms with Gasteiger partial charge >= 0.3 is 0 Å². The van der Waals surface area contributed by atoms with Crippen LogP contribution in [0.25, 0.3) is 10.9 Å². The number of rotatable bonds is 3. The van der Waals surface area contributed by atoms with Gasteiger partial charge in [0.25, 0.3) is 5.91 Å². The van der Waals surface area contributed by atoms with Crippen molar-refractivity contribution in [3.05, 3.63) is 46.8 Å². The SMILES string of the molecule is Cn1ccc2ccnc(CC3CN(C(=O)c4cscn4)C3)c21. The highest BCUT2D eigenvalue weighted by Gasteiger charge is 2.32. The third-order valence-corrected chi connectivity index (χ3v) is 4.83. The summed E-state index contributed by atoms with van der Waals surface area (Å²) in [5.41, 5.74) is 4.58. The van der Waals surface area contributed by atoms with Gasteiger partial charge in [-0.3, -0.25) is 9.78 Å². The second-order valence-corrected chi connectivity index (χ2v) is 6.49. The van der Waals surface area contributed by atoms with Gasteiger partial charge in [-0.25, -0.2) is 4.98 Å². The van der Waals surface area contributed by atoms with Gasteiger partial charge in [-0.15, -0.1) is 11.3 Å². The van der Waals surface area contributed by atoms with E-state index in [0.29, 0.717) is 11.6 Å². The van der Waals surface area contributed by atoms with Crippen molar-refractivity contribution in [2.24, 2.45) is 13.0 Å². The lowest BCUT2D eigenvalue weighted by Crippen LogP contribution is -2.50. The summed E-state index contributed by atoms with van der Waals surface area (Å²) in [5, 5.41) is 3.03. The number of nitrogens with zero attached hydrogens (tertiary/aromatic N) is 4. The van der Waals surface area contributed by atoms with E-state index in [1.807, 2.05) is 29.6 Å². The maximum absolute atomic E-state index is 12.2. The van der Waals surface area contributed by atoms with Crippen molar-refractivity contribution in [3.8, 4) is 0 Å². The fourth-order valence-corrected chi connectivity index (χ4v) is 3.62. The van der Waals surface area contributed by atoms with E-state index in [2.05, 4.69) is 26.8 Å². The molecule has 5 nitrogen and oxygen atoms in total. The minimum absolute atomic E-state index is 0.0440. The van der Waals surface area contributed by atoms with Gasteiger partial charge in [-0.1, -0.05) is 0 Å². The van der Waals surface area contributed by atoms with E-state index in [4.69, 9.17) is 0 Å². The predicted molar refractivity (Wildman–Crippen MR) is 85.9 cm³/mol. The maximum atomic E-state index is 12.2. The van der Waals surface area contributed by atoms with Crippen LogP contribution in [0, 0.1) is 5.92 Å². The number of aromatic nitrogens is 3. The Hall–Kier alpha value is -2.21. The van der Waals surface area contributed by atoms with Crippen LogP contribution in [0.2, 0.25) is 0 Å². The van der Waals surface area contributed by atoms with Gasteiger partial charge in [0.1, 0.15) is 5.69 Å². The largest absolute Gasteiger partial charge is 0.349 e. The maximum Gasteiger partial charge on any atom is 0.273 e. The van der Waals surface area contributed by atoms with Crippen LogP contribution in [0.3, 0.4) is 0 Å². The smallest absolute Gasteiger partial charge is 0.273 e. The average molecular weight is 312 g/mol. The molecule has 3 aromatic rings. The quantitative estimate of drug-likeness (QED) is 0.746. The molecule has 0 radical (unpaired) electrons. The number of fused-ring (bicyclic) bond motifs is 1. The van der Waals surface area contributed by atoms with Crippen LogP contribution >= 0.6 is 11.3 Å². The van der Waals surface area contributed by atoms with Crippen LogP contribution in [0.1, 0.15) is 16.2 Å². The van der Waals surface area contributed by atoms with Crippen LogP contribution in [0.5, 0.6) is 0 Å². The number of hydrogen-bond donors (Lipinski definition) is 0. The van der Waals surface area contributed by atoms with Gasteiger partial charge in [0, 0.05) is 43.3 Å². The highest BCUT2D eigenvalue weighted by molar-refractivity contribution is 7.07. The fraction of sp³-hybridized carbons (Fsp3) is 0.312. The minimum atomic E-state index is 0.0440. The number of carbonyl (C=O) groups excluding carboxylic acids is 1. The van der Waals surface area contributed by atoms with Gasteiger partial charge < -0.3 is 9.47 Å². The van der Waals surface area contributed by atoms with Crippen molar-refractivity contribution in [1.82, 2.24) is 19.4 Å². The summed E-state index contributed by atoms with van der Waals surface area (Å²) in [6, 6.07) is 4.15. The number of pyridine rings is 1. The first kappa shape index (κ1) is 13.5. The lowest BCUT2D eigenvalue weighted by molar-refractivity contribution is 0.0495. The van der Waals surface area contributed by atoms with Crippen molar-refractivity contribution in [2.45, 2.75) is 6.42 Å². The van der Waals surface area contributed by atoms with Crippen LogP contribution in [-0.4, -0.2) is 38.4 Å². The molecule has 112 valence electrons. The Bertz CT molecular complexity index is 818. The van der Waals surface area contributed by atoms with Crippen LogP contribution in [0.4, 0.5) is 0 Å². The molecule has 1 saturated heterocycles. The summed E-state index contributed by atoms with van der Waals surface area (Å²) in [5.74, 6) is 0.526. The Kier molecular flexibility index (Phi) is 3.18. The Labute approximate surface area is 132 Å². The van der Waals surface area contributed by atoms with Crippen molar-refractivity contribution in [2.75, 3.05) is 13.1 Å². The first-order valence-electron chi connectivity index (χ1n) is 7.29. The van der Waals surface area contributed by atoms with Crippen LogP contribution in [0.15, 0.2) is 35.4 Å². The molecule has 0 aromatic carbocycles. The number of thiazole rings is 1. The molecule has 0 atom stereocenters. The van der Waals surface area contributed by atoms with E-state index in [-0.39, 0.29) is 5.91 Å². The molecule has 3 aromatic heterocycles. The molecular weight excluding hydrogens is 296 g/mol. The molecule has 0 aliphatic carbocycles. The first-order chi connectivity index (χ1) is 10.7. The average Bonchev–Trinajstić information content (AvgIpc) is 3.12. The molecule has 1 aliphatic heterocycles. The fourth-order valence-electron chi connectivity index (χ4n) is 3.09. The van der Waals surface area contributed by atoms with E-state index in [0.717, 1.165) is 25.2 Å². The lowest BCUT2D eigenvalue weighted by atomic mass is 9.93. The molecule has 1 fully saturated rings. The number of likely N-dealkylation sites (tertiary alicyclic amines) is 1. The van der Waals surface area contributed by atoms with Crippen molar-refractivity contribution >= 4 is 28.1 Å². The summed E-state index contributed by atoms with van der Waals surface area (Å²) in [6.07, 6.45) is 4.85. The summed E-state index contributed by atoms with van der Waals surface area (Å²) in [4.78, 5) is 22.7. The number of carbonyl (C=O) groups is 1. The normalized spacial score (nSPS) is 15.2. The van der Waals surface area contributed by atoms with Crippen LogP contribution in [-0.2, 0) is 13.5 Å². The number of amides is 1. The molecule has 4 heterocycles. The van der Waals surface area contributed by atoms with E-state index in [9.17, 15) is 4.79 Å². The summed E-state index contributed by atoms with van der Waals surface area (Å²) >= 11 is 1.46. The summed E-state index contributed by atoms with van der Waals surface area (Å²) in [7, 11) is 2.05. The topological polar surface area (TPSA) is 51.0 Å².